The van der Waals surface area contributed by atoms with Gasteiger partial charge in [0.15, 0.2) is 0 Å². The number of allylic oxidation sites excluding steroid dienone is 2. The first-order chi connectivity index (χ1) is 13.8. The van der Waals surface area contributed by atoms with E-state index < -0.39 is 15.9 Å². The molecule has 8 heteroatoms. The maximum absolute atomic E-state index is 12.6. The van der Waals surface area contributed by atoms with Crippen molar-refractivity contribution >= 4 is 39.2 Å². The first kappa shape index (κ1) is 19.8. The molecule has 2 aromatic rings. The van der Waals surface area contributed by atoms with Crippen molar-refractivity contribution in [3.8, 4) is 0 Å². The van der Waals surface area contributed by atoms with Crippen LogP contribution in [0.15, 0.2) is 62.7 Å². The number of amides is 1. The van der Waals surface area contributed by atoms with E-state index in [4.69, 9.17) is 0 Å². The zero-order valence-corrected chi connectivity index (χ0v) is 17.9. The summed E-state index contributed by atoms with van der Waals surface area (Å²) in [6.45, 7) is 4.56. The van der Waals surface area contributed by atoms with Gasteiger partial charge in [-0.25, -0.2) is 13.8 Å². The highest BCUT2D eigenvalue weighted by molar-refractivity contribution is 7.94. The van der Waals surface area contributed by atoms with E-state index in [9.17, 15) is 13.2 Å². The summed E-state index contributed by atoms with van der Waals surface area (Å²) < 4.78 is 27.7. The van der Waals surface area contributed by atoms with Gasteiger partial charge < -0.3 is 0 Å². The van der Waals surface area contributed by atoms with Gasteiger partial charge in [0.2, 0.25) is 0 Å². The maximum Gasteiger partial charge on any atom is 0.273 e. The van der Waals surface area contributed by atoms with Crippen molar-refractivity contribution in [3.63, 3.8) is 0 Å². The van der Waals surface area contributed by atoms with Gasteiger partial charge in [0.25, 0.3) is 15.9 Å². The number of benzene rings is 1. The molecule has 1 aromatic heterocycles. The molecule has 1 fully saturated rings. The van der Waals surface area contributed by atoms with Crippen LogP contribution in [0.5, 0.6) is 0 Å². The maximum atomic E-state index is 12.6. The minimum Gasteiger partial charge on any atom is -0.278 e. The minimum atomic E-state index is -3.74. The van der Waals surface area contributed by atoms with E-state index in [1.807, 2.05) is 0 Å². The topological polar surface area (TPSA) is 87.6 Å². The summed E-state index contributed by atoms with van der Waals surface area (Å²) in [6.07, 6.45) is 6.14. The third-order valence-electron chi connectivity index (χ3n) is 6.07. The lowest BCUT2D eigenvalue weighted by Crippen LogP contribution is -2.48. The number of hydrogen-bond acceptors (Lipinski definition) is 5. The van der Waals surface area contributed by atoms with Crippen LogP contribution in [0.3, 0.4) is 0 Å². The molecule has 152 valence electrons. The van der Waals surface area contributed by atoms with Gasteiger partial charge in [-0.2, -0.15) is 5.10 Å². The molecule has 1 amide bonds. The zero-order chi connectivity index (χ0) is 20.6. The van der Waals surface area contributed by atoms with Crippen LogP contribution in [0, 0.1) is 17.3 Å². The number of thiophene rings is 1. The number of hydrogen-bond donors (Lipinski definition) is 2. The molecular weight excluding hydrogens is 406 g/mol. The van der Waals surface area contributed by atoms with E-state index in [2.05, 4.69) is 35.2 Å². The molecular formula is C21H23N3O3S2. The Morgan fingerprint density at radius 1 is 1.24 bits per heavy atom. The fraction of sp³-hybridized carbons (Fsp3) is 0.333. The largest absolute Gasteiger partial charge is 0.278 e. The Hall–Kier alpha value is -2.45. The molecule has 2 bridgehead atoms. The van der Waals surface area contributed by atoms with E-state index in [1.165, 1.54) is 12.5 Å². The summed E-state index contributed by atoms with van der Waals surface area (Å²) in [4.78, 5) is 12.6. The molecule has 1 saturated carbocycles. The molecule has 6 nitrogen and oxygen atoms in total. The SMILES string of the molecule is CC1(C)C2CC=C(/C=N/NC(=O)c3ccccc3NS(=O)(=O)c3cccs3)C1C2. The first-order valence-corrected chi connectivity index (χ1v) is 11.8. The highest BCUT2D eigenvalue weighted by atomic mass is 32.2. The van der Waals surface area contributed by atoms with Crippen LogP contribution in [-0.4, -0.2) is 20.5 Å². The summed E-state index contributed by atoms with van der Waals surface area (Å²) >= 11 is 1.12. The average molecular weight is 430 g/mol. The fourth-order valence-corrected chi connectivity index (χ4v) is 6.22. The standard InChI is InChI=1S/C21H23N3O3S2/c1-21(2)15-10-9-14(17(21)12-15)13-22-23-20(25)16-6-3-4-7-18(16)24-29(26,27)19-8-5-11-28-19/h3-9,11,13,15,17,24H,10,12H2,1-2H3,(H,23,25)/b22-13+. The number of anilines is 1. The smallest absolute Gasteiger partial charge is 0.273 e. The van der Waals surface area contributed by atoms with Gasteiger partial charge in [-0.15, -0.1) is 11.3 Å². The van der Waals surface area contributed by atoms with E-state index in [0.29, 0.717) is 5.92 Å². The Bertz CT molecular complexity index is 1090. The molecule has 3 aliphatic rings. The zero-order valence-electron chi connectivity index (χ0n) is 16.3. The van der Waals surface area contributed by atoms with Crippen LogP contribution in [-0.2, 0) is 10.0 Å². The molecule has 0 aliphatic heterocycles. The van der Waals surface area contributed by atoms with Crippen LogP contribution in [0.4, 0.5) is 5.69 Å². The molecule has 1 heterocycles. The Morgan fingerprint density at radius 2 is 2.03 bits per heavy atom. The van der Waals surface area contributed by atoms with Crippen LogP contribution in [0.1, 0.15) is 37.0 Å². The van der Waals surface area contributed by atoms with Crippen molar-refractivity contribution < 1.29 is 13.2 Å². The third kappa shape index (κ3) is 3.74. The predicted octanol–water partition coefficient (Wildman–Crippen LogP) is 4.26. The van der Waals surface area contributed by atoms with Gasteiger partial charge in [0.1, 0.15) is 4.21 Å². The van der Waals surface area contributed by atoms with E-state index in [-0.39, 0.29) is 20.9 Å². The van der Waals surface area contributed by atoms with Gasteiger partial charge in [-0.1, -0.05) is 38.1 Å². The van der Waals surface area contributed by atoms with Gasteiger partial charge in [0.05, 0.1) is 17.5 Å². The Kier molecular flexibility index (Phi) is 5.08. The quantitative estimate of drug-likeness (QED) is 0.531. The monoisotopic (exact) mass is 429 g/mol. The van der Waals surface area contributed by atoms with E-state index in [1.54, 1.807) is 41.9 Å². The van der Waals surface area contributed by atoms with Crippen molar-refractivity contribution in [1.82, 2.24) is 5.43 Å². The summed E-state index contributed by atoms with van der Waals surface area (Å²) in [5.74, 6) is 0.752. The lowest BCUT2D eigenvalue weighted by molar-refractivity contribution is -0.00126. The second-order valence-electron chi connectivity index (χ2n) is 8.03. The minimum absolute atomic E-state index is 0.191. The molecule has 2 unspecified atom stereocenters. The Morgan fingerprint density at radius 3 is 2.72 bits per heavy atom. The number of fused-ring (bicyclic) bond motifs is 1. The fourth-order valence-electron chi connectivity index (χ4n) is 4.15. The number of para-hydroxylation sites is 1. The van der Waals surface area contributed by atoms with Gasteiger partial charge in [-0.05, 0) is 59.2 Å². The highest BCUT2D eigenvalue weighted by Crippen LogP contribution is 2.58. The van der Waals surface area contributed by atoms with Crippen molar-refractivity contribution in [2.75, 3.05) is 4.72 Å². The molecule has 1 aromatic carbocycles. The first-order valence-electron chi connectivity index (χ1n) is 9.48. The number of hydrazone groups is 1. The normalized spacial score (nSPS) is 22.6. The highest BCUT2D eigenvalue weighted by Gasteiger charge is 2.50. The van der Waals surface area contributed by atoms with Crippen molar-refractivity contribution in [2.24, 2.45) is 22.4 Å². The van der Waals surface area contributed by atoms with Crippen LogP contribution in [0.2, 0.25) is 0 Å². The number of rotatable bonds is 6. The lowest BCUT2D eigenvalue weighted by atomic mass is 9.49. The summed E-state index contributed by atoms with van der Waals surface area (Å²) in [5, 5.41) is 5.82. The second kappa shape index (κ2) is 7.42. The average Bonchev–Trinajstić information content (AvgIpc) is 3.24. The van der Waals surface area contributed by atoms with Crippen molar-refractivity contribution in [2.45, 2.75) is 30.9 Å². The molecule has 0 saturated heterocycles. The van der Waals surface area contributed by atoms with Crippen molar-refractivity contribution in [3.05, 3.63) is 59.0 Å². The summed E-state index contributed by atoms with van der Waals surface area (Å²) in [5.41, 5.74) is 4.40. The Balaban J connectivity index is 1.47. The molecule has 2 N–H and O–H groups in total. The van der Waals surface area contributed by atoms with Crippen LogP contribution < -0.4 is 10.1 Å². The second-order valence-corrected chi connectivity index (χ2v) is 10.9. The molecule has 0 spiro atoms. The number of carbonyl (C=O) groups is 1. The van der Waals surface area contributed by atoms with Crippen LogP contribution >= 0.6 is 11.3 Å². The Labute approximate surface area is 174 Å². The summed E-state index contributed by atoms with van der Waals surface area (Å²) in [7, 11) is -3.74. The van der Waals surface area contributed by atoms with Gasteiger partial charge in [-0.3, -0.25) is 9.52 Å². The number of sulfonamides is 1. The summed E-state index contributed by atoms with van der Waals surface area (Å²) in [6, 6.07) is 9.67. The van der Waals surface area contributed by atoms with Gasteiger partial charge in [0, 0.05) is 0 Å². The lowest BCUT2D eigenvalue weighted by Gasteiger charge is -2.55. The van der Waals surface area contributed by atoms with E-state index in [0.717, 1.165) is 29.2 Å². The number of nitrogens with zero attached hydrogens (tertiary/aromatic N) is 1. The molecule has 5 rings (SSSR count). The van der Waals surface area contributed by atoms with E-state index >= 15 is 0 Å². The molecule has 0 radical (unpaired) electrons. The molecule has 29 heavy (non-hydrogen) atoms. The number of carbonyl (C=O) groups excluding carboxylic acids is 1. The van der Waals surface area contributed by atoms with Gasteiger partial charge >= 0.3 is 0 Å². The van der Waals surface area contributed by atoms with Crippen molar-refractivity contribution in [1.29, 1.82) is 0 Å². The number of nitrogens with one attached hydrogen (secondary N) is 2. The predicted molar refractivity (Wildman–Crippen MR) is 116 cm³/mol. The third-order valence-corrected chi connectivity index (χ3v) is 8.83. The molecule has 3 aliphatic carbocycles. The molecule has 2 atom stereocenters. The van der Waals surface area contributed by atoms with Crippen LogP contribution in [0.25, 0.3) is 0 Å².